The fourth-order valence-corrected chi connectivity index (χ4v) is 4.38. The summed E-state index contributed by atoms with van der Waals surface area (Å²) >= 11 is 7.39. The van der Waals surface area contributed by atoms with Crippen molar-refractivity contribution in [3.8, 4) is 6.07 Å². The van der Waals surface area contributed by atoms with Gasteiger partial charge < -0.3 is 5.73 Å². The number of carbonyl (C=O) groups excluding carboxylic acids is 2. The third-order valence-corrected chi connectivity index (χ3v) is 5.78. The second kappa shape index (κ2) is 7.87. The topological polar surface area (TPSA) is 87.2 Å². The molecule has 0 aromatic heterocycles. The van der Waals surface area contributed by atoms with Crippen LogP contribution in [0.1, 0.15) is 11.1 Å². The summed E-state index contributed by atoms with van der Waals surface area (Å²) in [6.45, 7) is 1.90. The predicted octanol–water partition coefficient (Wildman–Crippen LogP) is 3.56. The molecule has 1 aliphatic rings. The number of benzene rings is 2. The average molecular weight is 398 g/mol. The minimum Gasteiger partial charge on any atom is -0.365 e. The van der Waals surface area contributed by atoms with Gasteiger partial charge in [-0.15, -0.1) is 0 Å². The Morgan fingerprint density at radius 2 is 2.04 bits per heavy atom. The van der Waals surface area contributed by atoms with Crippen molar-refractivity contribution in [3.63, 3.8) is 0 Å². The average Bonchev–Trinajstić information content (AvgIpc) is 2.93. The normalized spacial score (nSPS) is 18.3. The Bertz CT molecular complexity index is 997. The SMILES string of the molecule is Cc1cccc(N2C(=O)C(Cc3ccccc3Cl)S/C2=C(/C#N)C(N)=O)c1. The van der Waals surface area contributed by atoms with Crippen LogP contribution in [-0.4, -0.2) is 17.1 Å². The van der Waals surface area contributed by atoms with Gasteiger partial charge in [0.1, 0.15) is 16.7 Å². The number of halogens is 1. The molecule has 2 amide bonds. The smallest absolute Gasteiger partial charge is 0.262 e. The lowest BCUT2D eigenvalue weighted by Gasteiger charge is -2.18. The molecule has 27 heavy (non-hydrogen) atoms. The molecule has 1 saturated heterocycles. The summed E-state index contributed by atoms with van der Waals surface area (Å²) in [5.41, 5.74) is 7.53. The fraction of sp³-hybridized carbons (Fsp3) is 0.150. The van der Waals surface area contributed by atoms with E-state index in [1.54, 1.807) is 12.1 Å². The number of nitriles is 1. The zero-order chi connectivity index (χ0) is 19.6. The summed E-state index contributed by atoms with van der Waals surface area (Å²) in [4.78, 5) is 26.3. The van der Waals surface area contributed by atoms with E-state index in [4.69, 9.17) is 17.3 Å². The minimum atomic E-state index is -0.858. The summed E-state index contributed by atoms with van der Waals surface area (Å²) < 4.78 is 0. The van der Waals surface area contributed by atoms with E-state index in [2.05, 4.69) is 0 Å². The number of rotatable bonds is 4. The predicted molar refractivity (Wildman–Crippen MR) is 107 cm³/mol. The lowest BCUT2D eigenvalue weighted by Crippen LogP contribution is -2.31. The quantitative estimate of drug-likeness (QED) is 0.631. The third kappa shape index (κ3) is 3.85. The monoisotopic (exact) mass is 397 g/mol. The van der Waals surface area contributed by atoms with Gasteiger partial charge in [-0.2, -0.15) is 5.26 Å². The van der Waals surface area contributed by atoms with Gasteiger partial charge in [0.15, 0.2) is 0 Å². The van der Waals surface area contributed by atoms with Crippen LogP contribution in [0, 0.1) is 18.3 Å². The maximum atomic E-state index is 13.2. The first-order valence-corrected chi connectivity index (χ1v) is 9.43. The Labute approximate surface area is 166 Å². The third-order valence-electron chi connectivity index (χ3n) is 4.15. The molecule has 0 radical (unpaired) electrons. The van der Waals surface area contributed by atoms with Crippen LogP contribution in [0.25, 0.3) is 0 Å². The standard InChI is InChI=1S/C20H16ClN3O2S/c1-12-5-4-7-14(9-12)24-19(26)17(10-13-6-2-3-8-16(13)21)27-20(24)15(11-22)18(23)25/h2-9,17H,10H2,1H3,(H2,23,25)/b20-15-. The van der Waals surface area contributed by atoms with E-state index in [0.29, 0.717) is 17.1 Å². The molecule has 3 rings (SSSR count). The Balaban J connectivity index is 2.06. The fourth-order valence-electron chi connectivity index (χ4n) is 2.87. The number of aryl methyl sites for hydroxylation is 1. The van der Waals surface area contributed by atoms with Crippen LogP contribution in [0.15, 0.2) is 59.1 Å². The molecular formula is C20H16ClN3O2S. The highest BCUT2D eigenvalue weighted by atomic mass is 35.5. The number of nitrogens with zero attached hydrogens (tertiary/aromatic N) is 2. The lowest BCUT2D eigenvalue weighted by atomic mass is 10.1. The van der Waals surface area contributed by atoms with Gasteiger partial charge in [0.05, 0.1) is 5.25 Å². The van der Waals surface area contributed by atoms with Gasteiger partial charge >= 0.3 is 0 Å². The van der Waals surface area contributed by atoms with Gasteiger partial charge in [-0.3, -0.25) is 14.5 Å². The van der Waals surface area contributed by atoms with Crippen molar-refractivity contribution in [1.29, 1.82) is 5.26 Å². The molecule has 2 aromatic rings. The molecule has 1 heterocycles. The zero-order valence-electron chi connectivity index (χ0n) is 14.5. The number of amides is 2. The molecule has 0 aliphatic carbocycles. The van der Waals surface area contributed by atoms with Crippen LogP contribution < -0.4 is 10.6 Å². The second-order valence-corrected chi connectivity index (χ2v) is 7.67. The van der Waals surface area contributed by atoms with Crippen molar-refractivity contribution in [2.24, 2.45) is 5.73 Å². The minimum absolute atomic E-state index is 0.213. The van der Waals surface area contributed by atoms with E-state index < -0.39 is 11.2 Å². The molecule has 136 valence electrons. The van der Waals surface area contributed by atoms with Crippen LogP contribution in [0.3, 0.4) is 0 Å². The first-order valence-electron chi connectivity index (χ1n) is 8.17. The molecule has 0 spiro atoms. The van der Waals surface area contributed by atoms with Crippen LogP contribution in [0.4, 0.5) is 5.69 Å². The number of hydrogen-bond acceptors (Lipinski definition) is 4. The first kappa shape index (κ1) is 19.0. The maximum absolute atomic E-state index is 13.2. The van der Waals surface area contributed by atoms with Crippen molar-refractivity contribution in [1.82, 2.24) is 0 Å². The van der Waals surface area contributed by atoms with E-state index in [1.165, 1.54) is 16.7 Å². The van der Waals surface area contributed by atoms with E-state index in [1.807, 2.05) is 49.4 Å². The van der Waals surface area contributed by atoms with Crippen LogP contribution in [-0.2, 0) is 16.0 Å². The molecule has 2 aromatic carbocycles. The van der Waals surface area contributed by atoms with Crippen molar-refractivity contribution < 1.29 is 9.59 Å². The summed E-state index contributed by atoms with van der Waals surface area (Å²) in [6, 6.07) is 16.4. The van der Waals surface area contributed by atoms with Crippen LogP contribution in [0.5, 0.6) is 0 Å². The highest BCUT2D eigenvalue weighted by Gasteiger charge is 2.40. The van der Waals surface area contributed by atoms with Gasteiger partial charge in [-0.1, -0.05) is 53.7 Å². The molecule has 2 N–H and O–H groups in total. The Hall–Kier alpha value is -2.75. The molecule has 1 fully saturated rings. The first-order chi connectivity index (χ1) is 12.9. The number of nitrogens with two attached hydrogens (primary N) is 1. The maximum Gasteiger partial charge on any atom is 0.262 e. The van der Waals surface area contributed by atoms with Crippen molar-refractivity contribution in [3.05, 3.63) is 75.3 Å². The molecule has 0 bridgehead atoms. The Morgan fingerprint density at radius 1 is 1.30 bits per heavy atom. The number of carbonyl (C=O) groups is 2. The number of primary amides is 1. The highest BCUT2D eigenvalue weighted by molar-refractivity contribution is 8.05. The van der Waals surface area contributed by atoms with Gasteiger partial charge in [0, 0.05) is 10.7 Å². The summed E-state index contributed by atoms with van der Waals surface area (Å²) in [5, 5.41) is 9.72. The highest BCUT2D eigenvalue weighted by Crippen LogP contribution is 2.42. The molecule has 1 unspecified atom stereocenters. The molecule has 7 heteroatoms. The van der Waals surface area contributed by atoms with E-state index in [0.717, 1.165) is 11.1 Å². The Kier molecular flexibility index (Phi) is 5.54. The van der Waals surface area contributed by atoms with E-state index in [-0.39, 0.29) is 16.5 Å². The molecule has 1 aliphatic heterocycles. The molecule has 1 atom stereocenters. The van der Waals surface area contributed by atoms with E-state index >= 15 is 0 Å². The number of hydrogen-bond donors (Lipinski definition) is 1. The van der Waals surface area contributed by atoms with Crippen LogP contribution in [0.2, 0.25) is 5.02 Å². The van der Waals surface area contributed by atoms with Crippen molar-refractivity contribution in [2.75, 3.05) is 4.90 Å². The van der Waals surface area contributed by atoms with Gasteiger partial charge in [0.2, 0.25) is 5.91 Å². The largest absolute Gasteiger partial charge is 0.365 e. The summed E-state index contributed by atoms with van der Waals surface area (Å²) in [5.74, 6) is -1.07. The number of thioether (sulfide) groups is 1. The number of anilines is 1. The van der Waals surface area contributed by atoms with Gasteiger partial charge in [-0.25, -0.2) is 0 Å². The molecule has 5 nitrogen and oxygen atoms in total. The zero-order valence-corrected chi connectivity index (χ0v) is 16.1. The van der Waals surface area contributed by atoms with Gasteiger partial charge in [0.25, 0.3) is 5.91 Å². The van der Waals surface area contributed by atoms with Crippen molar-refractivity contribution in [2.45, 2.75) is 18.6 Å². The summed E-state index contributed by atoms with van der Waals surface area (Å²) in [6.07, 6.45) is 0.381. The van der Waals surface area contributed by atoms with Crippen LogP contribution >= 0.6 is 23.4 Å². The van der Waals surface area contributed by atoms with Gasteiger partial charge in [-0.05, 0) is 42.7 Å². The lowest BCUT2D eigenvalue weighted by molar-refractivity contribution is -0.117. The molecular weight excluding hydrogens is 382 g/mol. The van der Waals surface area contributed by atoms with E-state index in [9.17, 15) is 14.9 Å². The summed E-state index contributed by atoms with van der Waals surface area (Å²) in [7, 11) is 0. The second-order valence-electron chi connectivity index (χ2n) is 6.07. The Morgan fingerprint density at radius 3 is 2.67 bits per heavy atom. The van der Waals surface area contributed by atoms with Crippen molar-refractivity contribution >= 4 is 40.9 Å². The molecule has 0 saturated carbocycles.